The lowest BCUT2D eigenvalue weighted by molar-refractivity contribution is -0.141. The first-order valence-corrected chi connectivity index (χ1v) is 7.66. The molecule has 0 N–H and O–H groups in total. The number of aliphatic imine (C=N–C) groups is 1. The van der Waals surface area contributed by atoms with Crippen molar-refractivity contribution in [2.75, 3.05) is 19.8 Å². The number of hydrogen-bond donors (Lipinski definition) is 0. The molecule has 3 rings (SSSR count). The van der Waals surface area contributed by atoms with E-state index >= 15 is 0 Å². The van der Waals surface area contributed by atoms with Crippen molar-refractivity contribution >= 4 is 11.7 Å². The molecule has 5 heteroatoms. The van der Waals surface area contributed by atoms with Crippen LogP contribution >= 0.6 is 0 Å². The molecule has 118 valence electrons. The Morgan fingerprint density at radius 2 is 1.95 bits per heavy atom. The first-order valence-electron chi connectivity index (χ1n) is 7.66. The topological polar surface area (TPSA) is 57.1 Å². The maximum atomic E-state index is 11.9. The summed E-state index contributed by atoms with van der Waals surface area (Å²) in [7, 11) is 0. The summed E-state index contributed by atoms with van der Waals surface area (Å²) in [4.78, 5) is 16.6. The van der Waals surface area contributed by atoms with Gasteiger partial charge in [-0.3, -0.25) is 9.79 Å². The highest BCUT2D eigenvalue weighted by Gasteiger charge is 2.30. The zero-order valence-corrected chi connectivity index (χ0v) is 13.3. The third-order valence-electron chi connectivity index (χ3n) is 3.76. The van der Waals surface area contributed by atoms with Crippen LogP contribution in [0.2, 0.25) is 0 Å². The predicted octanol–water partition coefficient (Wildman–Crippen LogP) is 2.53. The molecule has 2 aliphatic heterocycles. The number of esters is 1. The maximum absolute atomic E-state index is 11.9. The number of carbonyl (C=O) groups is 1. The van der Waals surface area contributed by atoms with Gasteiger partial charge in [0, 0.05) is 5.56 Å². The van der Waals surface area contributed by atoms with Crippen molar-refractivity contribution in [1.29, 1.82) is 0 Å². The fourth-order valence-corrected chi connectivity index (χ4v) is 2.96. The first-order chi connectivity index (χ1) is 10.5. The lowest BCUT2D eigenvalue weighted by Crippen LogP contribution is -2.30. The van der Waals surface area contributed by atoms with Crippen LogP contribution in [0.15, 0.2) is 17.1 Å². The van der Waals surface area contributed by atoms with Gasteiger partial charge in [0.2, 0.25) is 0 Å². The molecule has 2 aliphatic rings. The minimum atomic E-state index is -0.250. The van der Waals surface area contributed by atoms with Gasteiger partial charge in [-0.1, -0.05) is 0 Å². The molecular formula is C17H21NO4. The molecule has 0 atom stereocenters. The fraction of sp³-hybridized carbons (Fsp3) is 0.529. The molecule has 0 spiro atoms. The molecule has 0 fully saturated rings. The number of rotatable bonds is 3. The Labute approximate surface area is 130 Å². The predicted molar refractivity (Wildman–Crippen MR) is 83.0 cm³/mol. The number of ether oxygens (including phenoxy) is 3. The zero-order valence-electron chi connectivity index (χ0n) is 13.3. The standard InChI is InChI=1S/C17H21NO4/c1-4-20-16(19)9-13-12-8-15-14(21-5-6-22-15)7-11(12)10-17(2,3)18-13/h7-8H,4-6,9-10H2,1-3H3. The van der Waals surface area contributed by atoms with E-state index in [1.807, 2.05) is 12.1 Å². The van der Waals surface area contributed by atoms with Crippen LogP contribution in [0, 0.1) is 0 Å². The average molecular weight is 303 g/mol. The summed E-state index contributed by atoms with van der Waals surface area (Å²) in [5.74, 6) is 1.25. The van der Waals surface area contributed by atoms with Gasteiger partial charge in [-0.15, -0.1) is 0 Å². The van der Waals surface area contributed by atoms with Crippen LogP contribution in [0.4, 0.5) is 0 Å². The van der Waals surface area contributed by atoms with Crippen molar-refractivity contribution in [3.63, 3.8) is 0 Å². The van der Waals surface area contributed by atoms with Crippen LogP contribution in [-0.4, -0.2) is 37.0 Å². The Hall–Kier alpha value is -2.04. The summed E-state index contributed by atoms with van der Waals surface area (Å²) in [6.45, 7) is 7.43. The third kappa shape index (κ3) is 2.93. The van der Waals surface area contributed by atoms with Crippen molar-refractivity contribution < 1.29 is 19.0 Å². The second-order valence-electron chi connectivity index (χ2n) is 6.18. The second kappa shape index (κ2) is 5.63. The van der Waals surface area contributed by atoms with Crippen LogP contribution < -0.4 is 9.47 Å². The Bertz CT molecular complexity index is 634. The highest BCUT2D eigenvalue weighted by molar-refractivity contribution is 6.11. The van der Waals surface area contributed by atoms with E-state index in [9.17, 15) is 4.79 Å². The number of nitrogens with zero attached hydrogens (tertiary/aromatic N) is 1. The Morgan fingerprint density at radius 3 is 2.64 bits per heavy atom. The fourth-order valence-electron chi connectivity index (χ4n) is 2.96. The smallest absolute Gasteiger partial charge is 0.311 e. The summed E-state index contributed by atoms with van der Waals surface area (Å²) >= 11 is 0. The SMILES string of the molecule is CCOC(=O)CC1=NC(C)(C)Cc2cc3c(cc21)OCCO3. The lowest BCUT2D eigenvalue weighted by atomic mass is 9.85. The molecule has 0 aliphatic carbocycles. The van der Waals surface area contributed by atoms with E-state index in [1.54, 1.807) is 6.92 Å². The molecule has 0 radical (unpaired) electrons. The van der Waals surface area contributed by atoms with Crippen molar-refractivity contribution in [3.8, 4) is 11.5 Å². The molecule has 0 saturated heterocycles. The normalized spacial score (nSPS) is 18.2. The van der Waals surface area contributed by atoms with Crippen LogP contribution in [0.1, 0.15) is 38.3 Å². The summed E-state index contributed by atoms with van der Waals surface area (Å²) in [6, 6.07) is 3.96. The van der Waals surface area contributed by atoms with Crippen LogP contribution in [0.25, 0.3) is 0 Å². The highest BCUT2D eigenvalue weighted by Crippen LogP contribution is 2.38. The quantitative estimate of drug-likeness (QED) is 0.805. The van der Waals surface area contributed by atoms with Crippen molar-refractivity contribution in [2.45, 2.75) is 39.2 Å². The van der Waals surface area contributed by atoms with Crippen molar-refractivity contribution in [1.82, 2.24) is 0 Å². The average Bonchev–Trinajstić information content (AvgIpc) is 2.44. The van der Waals surface area contributed by atoms with Crippen LogP contribution in [-0.2, 0) is 16.0 Å². The van der Waals surface area contributed by atoms with Gasteiger partial charge in [0.25, 0.3) is 0 Å². The maximum Gasteiger partial charge on any atom is 0.311 e. The van der Waals surface area contributed by atoms with Gasteiger partial charge in [0.1, 0.15) is 13.2 Å². The summed E-state index contributed by atoms with van der Waals surface area (Å²) in [6.07, 6.45) is 0.995. The molecule has 0 aromatic heterocycles. The number of fused-ring (bicyclic) bond motifs is 2. The molecule has 5 nitrogen and oxygen atoms in total. The number of hydrogen-bond acceptors (Lipinski definition) is 5. The molecule has 0 bridgehead atoms. The van der Waals surface area contributed by atoms with Gasteiger partial charge in [-0.25, -0.2) is 0 Å². The molecular weight excluding hydrogens is 282 g/mol. The van der Waals surface area contributed by atoms with Gasteiger partial charge in [-0.2, -0.15) is 0 Å². The summed E-state index contributed by atoms with van der Waals surface area (Å²) < 4.78 is 16.4. The third-order valence-corrected chi connectivity index (χ3v) is 3.76. The summed E-state index contributed by atoms with van der Waals surface area (Å²) in [5, 5.41) is 0. The van der Waals surface area contributed by atoms with Gasteiger partial charge in [-0.05, 0) is 44.9 Å². The lowest BCUT2D eigenvalue weighted by Gasteiger charge is -2.30. The minimum Gasteiger partial charge on any atom is -0.486 e. The van der Waals surface area contributed by atoms with Crippen molar-refractivity contribution in [2.24, 2.45) is 4.99 Å². The van der Waals surface area contributed by atoms with E-state index in [2.05, 4.69) is 13.8 Å². The van der Waals surface area contributed by atoms with E-state index in [0.29, 0.717) is 19.8 Å². The van der Waals surface area contributed by atoms with E-state index in [-0.39, 0.29) is 17.9 Å². The molecule has 1 aromatic carbocycles. The van der Waals surface area contributed by atoms with Gasteiger partial charge in [0.15, 0.2) is 11.5 Å². The molecule has 2 heterocycles. The Kier molecular flexibility index (Phi) is 3.81. The number of benzene rings is 1. The van der Waals surface area contributed by atoms with Gasteiger partial charge < -0.3 is 14.2 Å². The molecule has 0 amide bonds. The monoisotopic (exact) mass is 303 g/mol. The zero-order chi connectivity index (χ0) is 15.7. The van der Waals surface area contributed by atoms with Crippen LogP contribution in [0.3, 0.4) is 0 Å². The van der Waals surface area contributed by atoms with E-state index in [1.165, 1.54) is 0 Å². The molecule has 1 aromatic rings. The number of carbonyl (C=O) groups excluding carboxylic acids is 1. The van der Waals surface area contributed by atoms with E-state index < -0.39 is 0 Å². The largest absolute Gasteiger partial charge is 0.486 e. The second-order valence-corrected chi connectivity index (χ2v) is 6.18. The van der Waals surface area contributed by atoms with E-state index in [4.69, 9.17) is 19.2 Å². The first kappa shape index (κ1) is 14.9. The van der Waals surface area contributed by atoms with Crippen LogP contribution in [0.5, 0.6) is 11.5 Å². The summed E-state index contributed by atoms with van der Waals surface area (Å²) in [5.41, 5.74) is 2.64. The Balaban J connectivity index is 1.99. The van der Waals surface area contributed by atoms with E-state index in [0.717, 1.165) is 34.8 Å². The highest BCUT2D eigenvalue weighted by atomic mass is 16.6. The molecule has 0 saturated carbocycles. The van der Waals surface area contributed by atoms with Crippen molar-refractivity contribution in [3.05, 3.63) is 23.3 Å². The van der Waals surface area contributed by atoms with Gasteiger partial charge >= 0.3 is 5.97 Å². The Morgan fingerprint density at radius 1 is 1.27 bits per heavy atom. The molecule has 22 heavy (non-hydrogen) atoms. The molecule has 0 unspecified atom stereocenters. The van der Waals surface area contributed by atoms with Gasteiger partial charge in [0.05, 0.1) is 24.3 Å². The minimum absolute atomic E-state index is 0.184.